The number of carbonyl (C=O) groups excluding carboxylic acids is 1. The Morgan fingerprint density at radius 3 is 2.71 bits per heavy atom. The molecule has 4 nitrogen and oxygen atoms in total. The van der Waals surface area contributed by atoms with Gasteiger partial charge in [0.25, 0.3) is 0 Å². The molecule has 0 amide bonds. The van der Waals surface area contributed by atoms with Gasteiger partial charge < -0.3 is 15.2 Å². The highest BCUT2D eigenvalue weighted by atomic mass is 35.5. The molecule has 0 aromatic heterocycles. The topological polar surface area (TPSA) is 61.5 Å². The van der Waals surface area contributed by atoms with E-state index in [0.717, 1.165) is 12.0 Å². The molecule has 0 unspecified atom stereocenters. The van der Waals surface area contributed by atoms with Crippen molar-refractivity contribution in [1.29, 1.82) is 0 Å². The Morgan fingerprint density at radius 2 is 2.05 bits per heavy atom. The van der Waals surface area contributed by atoms with Crippen LogP contribution in [0.25, 0.3) is 0 Å². The zero-order valence-corrected chi connectivity index (χ0v) is 12.6. The molecule has 0 aliphatic rings. The van der Waals surface area contributed by atoms with Gasteiger partial charge in [-0.1, -0.05) is 30.7 Å². The second-order valence-electron chi connectivity index (χ2n) is 4.47. The average Bonchev–Trinajstić information content (AvgIpc) is 2.49. The van der Waals surface area contributed by atoms with E-state index < -0.39 is 5.97 Å². The predicted molar refractivity (Wildman–Crippen MR) is 83.1 cm³/mol. The summed E-state index contributed by atoms with van der Waals surface area (Å²) in [5, 5.41) is 0.261. The zero-order chi connectivity index (χ0) is 15.4. The minimum atomic E-state index is -0.550. The van der Waals surface area contributed by atoms with E-state index in [1.807, 2.05) is 18.2 Å². The van der Waals surface area contributed by atoms with Crippen molar-refractivity contribution in [2.75, 3.05) is 12.8 Å². The quantitative estimate of drug-likeness (QED) is 0.683. The van der Waals surface area contributed by atoms with E-state index in [1.165, 1.54) is 19.2 Å². The van der Waals surface area contributed by atoms with Crippen LogP contribution in [0.5, 0.6) is 11.5 Å². The van der Waals surface area contributed by atoms with Crippen molar-refractivity contribution in [3.05, 3.63) is 52.5 Å². The van der Waals surface area contributed by atoms with Crippen LogP contribution in [0, 0.1) is 0 Å². The number of carbonyl (C=O) groups is 1. The largest absolute Gasteiger partial charge is 0.465 e. The molecule has 21 heavy (non-hydrogen) atoms. The van der Waals surface area contributed by atoms with Crippen molar-refractivity contribution in [2.24, 2.45) is 0 Å². The van der Waals surface area contributed by atoms with Crippen molar-refractivity contribution in [3.8, 4) is 11.5 Å². The lowest BCUT2D eigenvalue weighted by atomic mass is 10.1. The molecule has 2 aromatic rings. The molecule has 0 saturated carbocycles. The van der Waals surface area contributed by atoms with E-state index in [4.69, 9.17) is 26.8 Å². The lowest BCUT2D eigenvalue weighted by Gasteiger charge is -2.13. The van der Waals surface area contributed by atoms with Gasteiger partial charge in [0.1, 0.15) is 11.3 Å². The summed E-state index contributed by atoms with van der Waals surface area (Å²) in [7, 11) is 1.29. The van der Waals surface area contributed by atoms with E-state index in [1.54, 1.807) is 6.07 Å². The monoisotopic (exact) mass is 305 g/mol. The Kier molecular flexibility index (Phi) is 4.70. The van der Waals surface area contributed by atoms with Crippen LogP contribution in [0.2, 0.25) is 5.02 Å². The first-order valence-corrected chi connectivity index (χ1v) is 6.87. The van der Waals surface area contributed by atoms with E-state index in [-0.39, 0.29) is 16.3 Å². The number of ether oxygens (including phenoxy) is 2. The highest BCUT2D eigenvalue weighted by Gasteiger charge is 2.18. The minimum absolute atomic E-state index is 0.199. The molecule has 0 atom stereocenters. The van der Waals surface area contributed by atoms with Crippen LogP contribution >= 0.6 is 11.6 Å². The van der Waals surface area contributed by atoms with Crippen LogP contribution in [0.4, 0.5) is 5.69 Å². The van der Waals surface area contributed by atoms with E-state index in [0.29, 0.717) is 11.4 Å². The van der Waals surface area contributed by atoms with Gasteiger partial charge in [0.2, 0.25) is 0 Å². The van der Waals surface area contributed by atoms with Crippen LogP contribution in [-0.4, -0.2) is 13.1 Å². The minimum Gasteiger partial charge on any atom is -0.465 e. The Bertz CT molecular complexity index is 671. The maximum Gasteiger partial charge on any atom is 0.341 e. The van der Waals surface area contributed by atoms with Gasteiger partial charge in [-0.05, 0) is 36.2 Å². The fourth-order valence-corrected chi connectivity index (χ4v) is 2.19. The Labute approximate surface area is 128 Å². The number of nitrogens with two attached hydrogens (primary N) is 1. The second kappa shape index (κ2) is 6.50. The molecular weight excluding hydrogens is 290 g/mol. The summed E-state index contributed by atoms with van der Waals surface area (Å²) < 4.78 is 10.5. The molecule has 0 aliphatic heterocycles. The van der Waals surface area contributed by atoms with Gasteiger partial charge in [0.05, 0.1) is 12.1 Å². The maximum atomic E-state index is 11.8. The molecule has 5 heteroatoms. The molecule has 110 valence electrons. The third kappa shape index (κ3) is 3.47. The number of rotatable bonds is 4. The third-order valence-corrected chi connectivity index (χ3v) is 3.28. The maximum absolute atomic E-state index is 11.8. The third-order valence-electron chi connectivity index (χ3n) is 3.00. The summed E-state index contributed by atoms with van der Waals surface area (Å²) in [5.74, 6) is 0.294. The summed E-state index contributed by atoms with van der Waals surface area (Å²) in [6.45, 7) is 2.05. The SMILES string of the molecule is CCc1cccc(Oc2c(Cl)cc(N)cc2C(=O)OC)c1. The van der Waals surface area contributed by atoms with Crippen LogP contribution in [0.1, 0.15) is 22.8 Å². The van der Waals surface area contributed by atoms with Gasteiger partial charge in [-0.25, -0.2) is 4.79 Å². The van der Waals surface area contributed by atoms with Crippen LogP contribution in [0.3, 0.4) is 0 Å². The molecular formula is C16H16ClNO3. The number of hydrogen-bond donors (Lipinski definition) is 1. The van der Waals surface area contributed by atoms with Crippen LogP contribution < -0.4 is 10.5 Å². The highest BCUT2D eigenvalue weighted by molar-refractivity contribution is 6.33. The van der Waals surface area contributed by atoms with Crippen molar-refractivity contribution in [1.82, 2.24) is 0 Å². The first-order valence-electron chi connectivity index (χ1n) is 6.49. The molecule has 2 aromatic carbocycles. The zero-order valence-electron chi connectivity index (χ0n) is 11.9. The summed E-state index contributed by atoms with van der Waals surface area (Å²) >= 11 is 6.15. The normalized spacial score (nSPS) is 10.2. The van der Waals surface area contributed by atoms with Gasteiger partial charge in [-0.15, -0.1) is 0 Å². The summed E-state index contributed by atoms with van der Waals surface area (Å²) in [6.07, 6.45) is 0.885. The number of esters is 1. The molecule has 0 radical (unpaired) electrons. The Hall–Kier alpha value is -2.20. The number of benzene rings is 2. The molecule has 0 heterocycles. The summed E-state index contributed by atoms with van der Waals surface area (Å²) in [4.78, 5) is 11.8. The van der Waals surface area contributed by atoms with Crippen molar-refractivity contribution < 1.29 is 14.3 Å². The van der Waals surface area contributed by atoms with Crippen molar-refractivity contribution in [3.63, 3.8) is 0 Å². The number of halogens is 1. The van der Waals surface area contributed by atoms with Gasteiger partial charge in [0, 0.05) is 5.69 Å². The summed E-state index contributed by atoms with van der Waals surface area (Å²) in [5.41, 5.74) is 7.40. The molecule has 2 N–H and O–H groups in total. The van der Waals surface area contributed by atoms with Gasteiger partial charge in [-0.2, -0.15) is 0 Å². The number of aryl methyl sites for hydroxylation is 1. The van der Waals surface area contributed by atoms with Gasteiger partial charge in [-0.3, -0.25) is 0 Å². The molecule has 2 rings (SSSR count). The molecule has 0 bridgehead atoms. The Morgan fingerprint density at radius 1 is 1.29 bits per heavy atom. The van der Waals surface area contributed by atoms with Crippen LogP contribution in [-0.2, 0) is 11.2 Å². The van der Waals surface area contributed by atoms with Crippen LogP contribution in [0.15, 0.2) is 36.4 Å². The average molecular weight is 306 g/mol. The smallest absolute Gasteiger partial charge is 0.341 e. The Balaban J connectivity index is 2.45. The first-order chi connectivity index (χ1) is 10.0. The first kappa shape index (κ1) is 15.2. The fourth-order valence-electron chi connectivity index (χ4n) is 1.93. The molecule has 0 fully saturated rings. The summed E-state index contributed by atoms with van der Waals surface area (Å²) in [6, 6.07) is 10.6. The fraction of sp³-hybridized carbons (Fsp3) is 0.188. The lowest BCUT2D eigenvalue weighted by molar-refractivity contribution is 0.0598. The highest BCUT2D eigenvalue weighted by Crippen LogP contribution is 2.35. The predicted octanol–water partition coefficient (Wildman–Crippen LogP) is 4.06. The van der Waals surface area contributed by atoms with Crippen molar-refractivity contribution in [2.45, 2.75) is 13.3 Å². The van der Waals surface area contributed by atoms with E-state index >= 15 is 0 Å². The number of nitrogen functional groups attached to an aromatic ring is 1. The van der Waals surface area contributed by atoms with E-state index in [9.17, 15) is 4.79 Å². The van der Waals surface area contributed by atoms with Gasteiger partial charge >= 0.3 is 5.97 Å². The molecule has 0 saturated heterocycles. The lowest BCUT2D eigenvalue weighted by Crippen LogP contribution is -2.05. The van der Waals surface area contributed by atoms with E-state index in [2.05, 4.69) is 6.92 Å². The standard InChI is InChI=1S/C16H16ClNO3/c1-3-10-5-4-6-12(7-10)21-15-13(16(19)20-2)8-11(18)9-14(15)17/h4-9H,3,18H2,1-2H3. The number of hydrogen-bond acceptors (Lipinski definition) is 4. The molecule has 0 aliphatic carbocycles. The van der Waals surface area contributed by atoms with Crippen molar-refractivity contribution >= 4 is 23.3 Å². The second-order valence-corrected chi connectivity index (χ2v) is 4.88. The molecule has 0 spiro atoms. The number of methoxy groups -OCH3 is 1. The van der Waals surface area contributed by atoms with Gasteiger partial charge in [0.15, 0.2) is 5.75 Å². The number of anilines is 1.